The Balaban J connectivity index is 1.60. The zero-order valence-corrected chi connectivity index (χ0v) is 12.2. The highest BCUT2D eigenvalue weighted by Crippen LogP contribution is 2.40. The van der Waals surface area contributed by atoms with E-state index in [1.54, 1.807) is 0 Å². The molecule has 0 aliphatic heterocycles. The predicted octanol–water partition coefficient (Wildman–Crippen LogP) is 1.31. The summed E-state index contributed by atoms with van der Waals surface area (Å²) in [5.74, 6) is 0. The molecule has 20 heavy (non-hydrogen) atoms. The van der Waals surface area contributed by atoms with Crippen molar-refractivity contribution in [1.82, 2.24) is 5.32 Å². The molecule has 0 spiro atoms. The first-order chi connectivity index (χ1) is 9.50. The maximum atomic E-state index is 9.88. The molecule has 4 nitrogen and oxygen atoms in total. The maximum Gasteiger partial charge on any atom is 0.0897 e. The lowest BCUT2D eigenvalue weighted by Crippen LogP contribution is -2.61. The summed E-state index contributed by atoms with van der Waals surface area (Å²) in [5.41, 5.74) is 1.00. The fourth-order valence-corrected chi connectivity index (χ4v) is 2.47. The highest BCUT2D eigenvalue weighted by molar-refractivity contribution is 5.13. The van der Waals surface area contributed by atoms with Gasteiger partial charge in [0, 0.05) is 18.0 Å². The van der Waals surface area contributed by atoms with Gasteiger partial charge in [0.05, 0.1) is 25.4 Å². The Hall–Kier alpha value is -0.940. The topological polar surface area (TPSA) is 61.7 Å². The van der Waals surface area contributed by atoms with Crippen molar-refractivity contribution in [1.29, 1.82) is 0 Å². The number of aliphatic hydroxyl groups excluding tert-OH is 2. The van der Waals surface area contributed by atoms with Gasteiger partial charge in [0.25, 0.3) is 0 Å². The minimum atomic E-state index is -0.521. The van der Waals surface area contributed by atoms with Gasteiger partial charge in [-0.05, 0) is 12.0 Å². The van der Waals surface area contributed by atoms with Gasteiger partial charge in [-0.3, -0.25) is 0 Å². The number of ether oxygens (including phenoxy) is 1. The van der Waals surface area contributed by atoms with Crippen LogP contribution in [0.3, 0.4) is 0 Å². The van der Waals surface area contributed by atoms with E-state index in [1.165, 1.54) is 0 Å². The Morgan fingerprint density at radius 2 is 2.05 bits per heavy atom. The molecule has 3 atom stereocenters. The Kier molecular flexibility index (Phi) is 5.16. The van der Waals surface area contributed by atoms with E-state index >= 15 is 0 Å². The van der Waals surface area contributed by atoms with Gasteiger partial charge in [0.15, 0.2) is 0 Å². The van der Waals surface area contributed by atoms with E-state index in [0.29, 0.717) is 19.8 Å². The van der Waals surface area contributed by atoms with Crippen LogP contribution in [-0.4, -0.2) is 41.6 Å². The van der Waals surface area contributed by atoms with Gasteiger partial charge in [-0.2, -0.15) is 0 Å². The lowest BCUT2D eigenvalue weighted by molar-refractivity contribution is -0.0768. The summed E-state index contributed by atoms with van der Waals surface area (Å²) < 4.78 is 5.50. The molecule has 1 saturated carbocycles. The molecule has 0 bridgehead atoms. The fourth-order valence-electron chi connectivity index (χ4n) is 2.47. The van der Waals surface area contributed by atoms with E-state index in [4.69, 9.17) is 4.74 Å². The van der Waals surface area contributed by atoms with E-state index in [1.807, 2.05) is 44.2 Å². The number of hydrogen-bond donors (Lipinski definition) is 3. The largest absolute Gasteiger partial charge is 0.392 e. The monoisotopic (exact) mass is 279 g/mol. The Bertz CT molecular complexity index is 407. The second kappa shape index (κ2) is 6.68. The minimum Gasteiger partial charge on any atom is -0.392 e. The van der Waals surface area contributed by atoms with Gasteiger partial charge in [0.1, 0.15) is 0 Å². The first-order valence-corrected chi connectivity index (χ1v) is 7.21. The van der Waals surface area contributed by atoms with Gasteiger partial charge in [-0.1, -0.05) is 44.2 Å². The maximum absolute atomic E-state index is 9.88. The summed E-state index contributed by atoms with van der Waals surface area (Å²) in [7, 11) is 0. The van der Waals surface area contributed by atoms with Crippen LogP contribution >= 0.6 is 0 Å². The third kappa shape index (κ3) is 3.79. The molecule has 3 N–H and O–H groups in total. The average molecular weight is 279 g/mol. The highest BCUT2D eigenvalue weighted by Gasteiger charge is 2.46. The van der Waals surface area contributed by atoms with E-state index in [9.17, 15) is 10.2 Å². The number of benzene rings is 1. The molecule has 1 aliphatic rings. The summed E-state index contributed by atoms with van der Waals surface area (Å²) in [6.07, 6.45) is -0.0105. The average Bonchev–Trinajstić information content (AvgIpc) is 2.44. The second-order valence-electron chi connectivity index (χ2n) is 6.19. The molecule has 4 heteroatoms. The molecule has 2 rings (SSSR count). The molecule has 0 saturated heterocycles. The molecule has 1 fully saturated rings. The smallest absolute Gasteiger partial charge is 0.0897 e. The molecule has 1 aromatic carbocycles. The molecule has 1 aliphatic carbocycles. The van der Waals surface area contributed by atoms with E-state index in [-0.39, 0.29) is 17.6 Å². The van der Waals surface area contributed by atoms with Crippen molar-refractivity contribution in [2.45, 2.75) is 45.1 Å². The summed E-state index contributed by atoms with van der Waals surface area (Å²) in [6.45, 7) is 5.41. The van der Waals surface area contributed by atoms with E-state index in [2.05, 4.69) is 5.32 Å². The molecule has 0 amide bonds. The van der Waals surface area contributed by atoms with Crippen molar-refractivity contribution in [3.63, 3.8) is 0 Å². The van der Waals surface area contributed by atoms with Crippen LogP contribution in [0.2, 0.25) is 0 Å². The van der Waals surface area contributed by atoms with Gasteiger partial charge in [-0.25, -0.2) is 0 Å². The second-order valence-corrected chi connectivity index (χ2v) is 6.19. The fraction of sp³-hybridized carbons (Fsp3) is 0.625. The van der Waals surface area contributed by atoms with Crippen LogP contribution in [0.25, 0.3) is 0 Å². The number of nitrogens with one attached hydrogen (secondary N) is 1. The summed E-state index contributed by atoms with van der Waals surface area (Å²) in [4.78, 5) is 0. The number of aliphatic hydroxyl groups is 2. The van der Waals surface area contributed by atoms with Crippen LogP contribution in [0.4, 0.5) is 0 Å². The van der Waals surface area contributed by atoms with Crippen molar-refractivity contribution in [3.05, 3.63) is 35.9 Å². The van der Waals surface area contributed by atoms with Gasteiger partial charge >= 0.3 is 0 Å². The zero-order valence-electron chi connectivity index (χ0n) is 12.2. The van der Waals surface area contributed by atoms with Crippen molar-refractivity contribution in [2.24, 2.45) is 5.41 Å². The molecule has 0 radical (unpaired) electrons. The van der Waals surface area contributed by atoms with Crippen LogP contribution in [0, 0.1) is 5.41 Å². The molecule has 0 heterocycles. The first kappa shape index (κ1) is 15.4. The van der Waals surface area contributed by atoms with E-state index < -0.39 is 6.10 Å². The zero-order chi connectivity index (χ0) is 14.6. The van der Waals surface area contributed by atoms with Crippen LogP contribution in [-0.2, 0) is 11.3 Å². The van der Waals surface area contributed by atoms with Crippen molar-refractivity contribution in [3.8, 4) is 0 Å². The van der Waals surface area contributed by atoms with Crippen molar-refractivity contribution < 1.29 is 14.9 Å². The number of hydrogen-bond acceptors (Lipinski definition) is 4. The quantitative estimate of drug-likeness (QED) is 0.704. The Morgan fingerprint density at radius 3 is 2.65 bits per heavy atom. The normalized spacial score (nSPS) is 26.0. The Morgan fingerprint density at radius 1 is 1.35 bits per heavy atom. The van der Waals surface area contributed by atoms with Gasteiger partial charge in [-0.15, -0.1) is 0 Å². The predicted molar refractivity (Wildman–Crippen MR) is 78.3 cm³/mol. The van der Waals surface area contributed by atoms with Crippen LogP contribution in [0.1, 0.15) is 25.8 Å². The molecule has 1 aromatic rings. The highest BCUT2D eigenvalue weighted by atomic mass is 16.5. The number of rotatable bonds is 7. The minimum absolute atomic E-state index is 0.107. The Labute approximate surface area is 120 Å². The summed E-state index contributed by atoms with van der Waals surface area (Å²) in [6, 6.07) is 10.2. The first-order valence-electron chi connectivity index (χ1n) is 7.21. The third-order valence-corrected chi connectivity index (χ3v) is 4.24. The summed E-state index contributed by atoms with van der Waals surface area (Å²) in [5, 5.41) is 22.8. The van der Waals surface area contributed by atoms with Crippen LogP contribution in [0.5, 0.6) is 0 Å². The van der Waals surface area contributed by atoms with Crippen molar-refractivity contribution >= 4 is 0 Å². The lowest BCUT2D eigenvalue weighted by Gasteiger charge is -2.49. The van der Waals surface area contributed by atoms with Gasteiger partial charge < -0.3 is 20.3 Å². The molecule has 0 aromatic heterocycles. The van der Waals surface area contributed by atoms with Crippen molar-refractivity contribution in [2.75, 3.05) is 13.2 Å². The lowest BCUT2D eigenvalue weighted by atomic mass is 9.64. The molecular formula is C16H25NO3. The third-order valence-electron chi connectivity index (χ3n) is 4.24. The molecule has 112 valence electrons. The molecule has 3 unspecified atom stereocenters. The summed E-state index contributed by atoms with van der Waals surface area (Å²) >= 11 is 0. The van der Waals surface area contributed by atoms with Crippen LogP contribution < -0.4 is 5.32 Å². The molecular weight excluding hydrogens is 254 g/mol. The van der Waals surface area contributed by atoms with Gasteiger partial charge in [0.2, 0.25) is 0 Å². The SMILES string of the molecule is CC1(C)C(O)CC1NCC(O)COCc1ccccc1. The van der Waals surface area contributed by atoms with E-state index in [0.717, 1.165) is 12.0 Å². The van der Waals surface area contributed by atoms with Crippen LogP contribution in [0.15, 0.2) is 30.3 Å². The standard InChI is InChI=1S/C16H25NO3/c1-16(2)14(8-15(16)19)17-9-13(18)11-20-10-12-6-4-3-5-7-12/h3-7,13-15,17-19H,8-11H2,1-2H3.